The highest BCUT2D eigenvalue weighted by atomic mass is 35.5. The van der Waals surface area contributed by atoms with Gasteiger partial charge < -0.3 is 10.5 Å². The Morgan fingerprint density at radius 1 is 1.46 bits per heavy atom. The number of aliphatic imine (C=N–C) groups is 1. The molecular weight excluding hydrogens is 190 g/mol. The molecule has 4 nitrogen and oxygen atoms in total. The molecule has 0 saturated carbocycles. The summed E-state index contributed by atoms with van der Waals surface area (Å²) in [5, 5.41) is 8.74. The van der Waals surface area contributed by atoms with Crippen LogP contribution in [0.2, 0.25) is 5.02 Å². The molecule has 0 saturated heterocycles. The lowest BCUT2D eigenvalue weighted by Gasteiger charge is -2.01. The van der Waals surface area contributed by atoms with Crippen LogP contribution < -0.4 is 10.5 Å². The van der Waals surface area contributed by atoms with Gasteiger partial charge in [0, 0.05) is 5.02 Å². The molecule has 0 atom stereocenters. The molecule has 13 heavy (non-hydrogen) atoms. The summed E-state index contributed by atoms with van der Waals surface area (Å²) in [6.07, 6.45) is 1.51. The van der Waals surface area contributed by atoms with E-state index in [1.807, 2.05) is 0 Å². The van der Waals surface area contributed by atoms with E-state index in [4.69, 9.17) is 27.3 Å². The van der Waals surface area contributed by atoms with Gasteiger partial charge in [0.15, 0.2) is 0 Å². The van der Waals surface area contributed by atoms with Crippen molar-refractivity contribution in [3.8, 4) is 11.9 Å². The molecule has 0 spiro atoms. The van der Waals surface area contributed by atoms with Crippen molar-refractivity contribution in [2.24, 2.45) is 10.7 Å². The predicted octanol–water partition coefficient (Wildman–Crippen LogP) is 1.51. The van der Waals surface area contributed by atoms with Crippen molar-refractivity contribution in [1.82, 2.24) is 0 Å². The number of nitrogens with zero attached hydrogens (tertiary/aromatic N) is 2. The van der Waals surface area contributed by atoms with Crippen LogP contribution in [-0.2, 0) is 0 Å². The molecule has 0 unspecified atom stereocenters. The highest BCUT2D eigenvalue weighted by molar-refractivity contribution is 6.30. The van der Waals surface area contributed by atoms with Crippen molar-refractivity contribution in [2.45, 2.75) is 0 Å². The van der Waals surface area contributed by atoms with Gasteiger partial charge in [-0.25, -0.2) is 0 Å². The number of benzene rings is 1. The number of hydrogen-bond donors (Lipinski definition) is 1. The van der Waals surface area contributed by atoms with Crippen molar-refractivity contribution in [3.05, 3.63) is 29.3 Å². The van der Waals surface area contributed by atoms with Gasteiger partial charge in [-0.2, -0.15) is 5.26 Å². The summed E-state index contributed by atoms with van der Waals surface area (Å²) >= 11 is 5.64. The van der Waals surface area contributed by atoms with Gasteiger partial charge in [-0.1, -0.05) is 11.6 Å². The summed E-state index contributed by atoms with van der Waals surface area (Å²) in [5.41, 5.74) is 5.23. The van der Waals surface area contributed by atoms with E-state index < -0.39 is 0 Å². The molecular formula is C8H6ClN3O. The maximum absolute atomic E-state index is 8.14. The van der Waals surface area contributed by atoms with E-state index in [0.717, 1.165) is 0 Å². The minimum absolute atomic E-state index is 0.190. The zero-order valence-electron chi connectivity index (χ0n) is 6.57. The molecule has 66 valence electrons. The molecule has 2 N–H and O–H groups in total. The lowest BCUT2D eigenvalue weighted by molar-refractivity contribution is 0.543. The summed E-state index contributed by atoms with van der Waals surface area (Å²) < 4.78 is 4.96. The molecule has 0 aliphatic heterocycles. The third kappa shape index (κ3) is 3.01. The summed E-state index contributed by atoms with van der Waals surface area (Å²) in [6, 6.07) is 6.36. The standard InChI is InChI=1S/C8H6ClN3O/c9-6-1-3-7(4-2-6)13-8(11)12-5-10/h1-4H,(H2,11,12). The molecule has 0 aromatic heterocycles. The van der Waals surface area contributed by atoms with Crippen molar-refractivity contribution < 1.29 is 4.74 Å². The predicted molar refractivity (Wildman–Crippen MR) is 49.3 cm³/mol. The molecule has 0 bridgehead atoms. The number of amidine groups is 1. The molecule has 1 rings (SSSR count). The molecule has 0 aliphatic carbocycles. The van der Waals surface area contributed by atoms with E-state index in [9.17, 15) is 0 Å². The van der Waals surface area contributed by atoms with E-state index in [-0.39, 0.29) is 6.02 Å². The second-order valence-electron chi connectivity index (χ2n) is 2.11. The van der Waals surface area contributed by atoms with E-state index in [1.54, 1.807) is 24.3 Å². The van der Waals surface area contributed by atoms with Crippen molar-refractivity contribution >= 4 is 17.6 Å². The quantitative estimate of drug-likeness (QED) is 0.420. The van der Waals surface area contributed by atoms with Gasteiger partial charge in [0.1, 0.15) is 5.75 Å². The van der Waals surface area contributed by atoms with Crippen LogP contribution in [0.4, 0.5) is 0 Å². The zero-order chi connectivity index (χ0) is 9.68. The first-order chi connectivity index (χ1) is 6.22. The van der Waals surface area contributed by atoms with Crippen LogP contribution >= 0.6 is 11.6 Å². The van der Waals surface area contributed by atoms with Crippen molar-refractivity contribution in [1.29, 1.82) is 5.26 Å². The Bertz CT molecular complexity index is 353. The summed E-state index contributed by atoms with van der Waals surface area (Å²) in [4.78, 5) is 3.19. The summed E-state index contributed by atoms with van der Waals surface area (Å²) in [7, 11) is 0. The molecule has 0 aliphatic rings. The number of rotatable bonds is 1. The van der Waals surface area contributed by atoms with Crippen LogP contribution in [0.25, 0.3) is 0 Å². The van der Waals surface area contributed by atoms with Gasteiger partial charge in [-0.05, 0) is 24.3 Å². The van der Waals surface area contributed by atoms with Gasteiger partial charge in [-0.15, -0.1) is 4.99 Å². The molecule has 1 aromatic carbocycles. The maximum Gasteiger partial charge on any atom is 0.302 e. The Kier molecular flexibility index (Phi) is 3.12. The third-order valence-corrected chi connectivity index (χ3v) is 1.45. The summed E-state index contributed by atoms with van der Waals surface area (Å²) in [6.45, 7) is 0. The first-order valence-electron chi connectivity index (χ1n) is 3.38. The number of nitriles is 1. The number of hydrogen-bond acceptors (Lipinski definition) is 3. The number of ether oxygens (including phenoxy) is 1. The van der Waals surface area contributed by atoms with Crippen LogP contribution in [-0.4, -0.2) is 6.02 Å². The molecule has 0 fully saturated rings. The average Bonchev–Trinajstić information content (AvgIpc) is 2.09. The Morgan fingerprint density at radius 3 is 2.62 bits per heavy atom. The van der Waals surface area contributed by atoms with E-state index in [2.05, 4.69) is 4.99 Å². The lowest BCUT2D eigenvalue weighted by Crippen LogP contribution is -2.18. The second-order valence-corrected chi connectivity index (χ2v) is 2.54. The highest BCUT2D eigenvalue weighted by Crippen LogP contribution is 2.15. The highest BCUT2D eigenvalue weighted by Gasteiger charge is 1.96. The molecule has 0 heterocycles. The largest absolute Gasteiger partial charge is 0.426 e. The van der Waals surface area contributed by atoms with Crippen LogP contribution in [0.15, 0.2) is 29.3 Å². The fourth-order valence-corrected chi connectivity index (χ4v) is 0.821. The smallest absolute Gasteiger partial charge is 0.302 e. The van der Waals surface area contributed by atoms with E-state index in [1.165, 1.54) is 6.19 Å². The lowest BCUT2D eigenvalue weighted by atomic mass is 10.3. The topological polar surface area (TPSA) is 71.4 Å². The molecule has 0 amide bonds. The van der Waals surface area contributed by atoms with Gasteiger partial charge in [0.05, 0.1) is 0 Å². The van der Waals surface area contributed by atoms with Gasteiger partial charge in [-0.3, -0.25) is 0 Å². The minimum atomic E-state index is -0.190. The molecule has 5 heteroatoms. The van der Waals surface area contributed by atoms with Gasteiger partial charge in [0.2, 0.25) is 6.19 Å². The van der Waals surface area contributed by atoms with Crippen molar-refractivity contribution in [3.63, 3.8) is 0 Å². The Balaban J connectivity index is 2.71. The Morgan fingerprint density at radius 2 is 2.08 bits per heavy atom. The number of halogens is 1. The first kappa shape index (κ1) is 9.36. The fourth-order valence-electron chi connectivity index (χ4n) is 0.695. The van der Waals surface area contributed by atoms with Crippen LogP contribution in [0.1, 0.15) is 0 Å². The van der Waals surface area contributed by atoms with Crippen molar-refractivity contribution in [2.75, 3.05) is 0 Å². The average molecular weight is 196 g/mol. The normalized spacial score (nSPS) is 10.6. The number of nitrogens with two attached hydrogens (primary N) is 1. The Labute approximate surface area is 80.2 Å². The zero-order valence-corrected chi connectivity index (χ0v) is 7.32. The molecule has 0 radical (unpaired) electrons. The summed E-state index contributed by atoms with van der Waals surface area (Å²) in [5.74, 6) is 0.487. The van der Waals surface area contributed by atoms with Crippen LogP contribution in [0.5, 0.6) is 5.75 Å². The minimum Gasteiger partial charge on any atom is -0.426 e. The van der Waals surface area contributed by atoms with E-state index >= 15 is 0 Å². The second kappa shape index (κ2) is 4.33. The van der Waals surface area contributed by atoms with Crippen LogP contribution in [0.3, 0.4) is 0 Å². The maximum atomic E-state index is 8.14. The SMILES string of the molecule is N#CN=C(N)Oc1ccc(Cl)cc1. The first-order valence-corrected chi connectivity index (χ1v) is 3.76. The van der Waals surface area contributed by atoms with Gasteiger partial charge in [0.25, 0.3) is 0 Å². The van der Waals surface area contributed by atoms with E-state index in [0.29, 0.717) is 10.8 Å². The Hall–Kier alpha value is -1.73. The monoisotopic (exact) mass is 195 g/mol. The van der Waals surface area contributed by atoms with Crippen LogP contribution in [0, 0.1) is 11.5 Å². The molecule has 1 aromatic rings. The fraction of sp³-hybridized carbons (Fsp3) is 0. The van der Waals surface area contributed by atoms with Gasteiger partial charge >= 0.3 is 6.02 Å². The third-order valence-electron chi connectivity index (χ3n) is 1.20.